The lowest BCUT2D eigenvalue weighted by Gasteiger charge is -2.52. The van der Waals surface area contributed by atoms with Gasteiger partial charge in [-0.05, 0) is 68.1 Å². The van der Waals surface area contributed by atoms with Crippen LogP contribution in [0.5, 0.6) is 0 Å². The van der Waals surface area contributed by atoms with Crippen molar-refractivity contribution >= 4 is 32.2 Å². The van der Waals surface area contributed by atoms with Crippen LogP contribution in [-0.4, -0.2) is 147 Å². The number of nitrogens with zero attached hydrogens (tertiary/aromatic N) is 6. The summed E-state index contributed by atoms with van der Waals surface area (Å²) in [5.41, 5.74) is 2.23. The Bertz CT molecular complexity index is 2170. The summed E-state index contributed by atoms with van der Waals surface area (Å²) in [6, 6.07) is 30.3. The summed E-state index contributed by atoms with van der Waals surface area (Å²) in [6.07, 6.45) is -11.7. The molecule has 1 aliphatic rings. The zero-order chi connectivity index (χ0) is 59.3. The summed E-state index contributed by atoms with van der Waals surface area (Å²) in [5.74, 6) is -4.08. The first-order valence-electron chi connectivity index (χ1n) is 27.4. The predicted octanol–water partition coefficient (Wildman–Crippen LogP) is 13.0. The molecule has 1 fully saturated rings. The normalized spacial score (nSPS) is 15.2. The van der Waals surface area contributed by atoms with E-state index in [-0.39, 0.29) is 52.1 Å². The highest BCUT2D eigenvalue weighted by Gasteiger charge is 2.48. The maximum atomic E-state index is 17.0. The number of carbonyl (C=O) groups excluding carboxylic acids is 2. The average molecular weight is 1190 g/mol. The Morgan fingerprint density at radius 2 is 0.778 bits per heavy atom. The van der Waals surface area contributed by atoms with Crippen LogP contribution >= 0.6 is 7.59 Å². The first-order valence-corrected chi connectivity index (χ1v) is 29.0. The Labute approximate surface area is 466 Å². The van der Waals surface area contributed by atoms with Gasteiger partial charge in [-0.2, -0.15) is 26.3 Å². The Morgan fingerprint density at radius 3 is 1.09 bits per heavy atom. The van der Waals surface area contributed by atoms with Gasteiger partial charge in [0.05, 0.1) is 5.54 Å². The number of rotatable bonds is 37. The van der Waals surface area contributed by atoms with Crippen molar-refractivity contribution in [2.24, 2.45) is 9.98 Å². The molecule has 0 spiro atoms. The standard InChI is InChI=1S/C55H75F12N8O5P/c56-52(57,58)49(76)70-34-20-3-7-24-38-74(39-25-8-4-21-35-71-50(77)53(59,60)61)81(78,73(36-22-5-1-18-32-68-44-79-54(62,63)64)37-23-6-2-19-33-69-45-80-55(65,66)67)75-42-40-72(41-43-75)51(46-26-12-9-13-27-46,47-28-14-10-15-29-47)48-30-16-11-17-31-48/h9-17,26-31,44-45H,1-8,18-25,32-43H2,(H,70,76)(H,71,77). The minimum Gasteiger partial charge on any atom is -0.395 e. The first kappa shape index (κ1) is 68.3. The van der Waals surface area contributed by atoms with E-state index in [1.165, 1.54) is 0 Å². The highest BCUT2D eigenvalue weighted by molar-refractivity contribution is 7.56. The molecule has 3 aromatic carbocycles. The highest BCUT2D eigenvalue weighted by Crippen LogP contribution is 2.58. The number of hydrogen-bond acceptors (Lipinski definition) is 8. The smallest absolute Gasteiger partial charge is 0.395 e. The number of alkyl halides is 12. The first-order chi connectivity index (χ1) is 38.5. The maximum Gasteiger partial charge on any atom is 0.573 e. The van der Waals surface area contributed by atoms with Crippen molar-refractivity contribution in [3.8, 4) is 0 Å². The van der Waals surface area contributed by atoms with Gasteiger partial charge in [0, 0.05) is 78.5 Å². The molecule has 1 unspecified atom stereocenters. The molecule has 454 valence electrons. The fourth-order valence-corrected chi connectivity index (χ4v) is 13.2. The van der Waals surface area contributed by atoms with Gasteiger partial charge in [0.15, 0.2) is 12.8 Å². The molecule has 1 aliphatic heterocycles. The molecular formula is C55H75F12N8O5P. The molecule has 81 heavy (non-hydrogen) atoms. The molecule has 0 aromatic heterocycles. The molecule has 2 N–H and O–H groups in total. The number of piperazine rings is 1. The van der Waals surface area contributed by atoms with Crippen molar-refractivity contribution in [2.45, 2.75) is 133 Å². The van der Waals surface area contributed by atoms with Gasteiger partial charge < -0.3 is 20.1 Å². The quantitative estimate of drug-likeness (QED) is 0.0145. The summed E-state index contributed by atoms with van der Waals surface area (Å²) < 4.78 is 183. The molecule has 0 saturated carbocycles. The summed E-state index contributed by atoms with van der Waals surface area (Å²) in [4.78, 5) is 32.7. The van der Waals surface area contributed by atoms with Crippen LogP contribution in [0.2, 0.25) is 0 Å². The lowest BCUT2D eigenvalue weighted by molar-refractivity contribution is -0.281. The van der Waals surface area contributed by atoms with Gasteiger partial charge in [-0.15, -0.1) is 26.3 Å². The number of carbonyl (C=O) groups is 2. The van der Waals surface area contributed by atoms with Crippen molar-refractivity contribution < 1.29 is 76.3 Å². The fraction of sp³-hybridized carbons (Fsp3) is 0.600. The molecular weight excluding hydrogens is 1110 g/mol. The highest BCUT2D eigenvalue weighted by atomic mass is 31.2. The number of unbranched alkanes of at least 4 members (excludes halogenated alkanes) is 12. The van der Waals surface area contributed by atoms with E-state index in [1.54, 1.807) is 0 Å². The van der Waals surface area contributed by atoms with Crippen molar-refractivity contribution in [3.63, 3.8) is 0 Å². The maximum absolute atomic E-state index is 17.0. The summed E-state index contributed by atoms with van der Waals surface area (Å²) >= 11 is 0. The molecule has 0 bridgehead atoms. The summed E-state index contributed by atoms with van der Waals surface area (Å²) in [6.45, 7) is 2.36. The van der Waals surface area contributed by atoms with E-state index in [1.807, 2.05) is 79.2 Å². The third kappa shape index (κ3) is 23.9. The van der Waals surface area contributed by atoms with Gasteiger partial charge in [0.25, 0.3) is 7.59 Å². The van der Waals surface area contributed by atoms with Crippen LogP contribution in [0.3, 0.4) is 0 Å². The van der Waals surface area contributed by atoms with Crippen LogP contribution in [0.4, 0.5) is 52.7 Å². The molecule has 1 saturated heterocycles. The van der Waals surface area contributed by atoms with Crippen LogP contribution in [0, 0.1) is 0 Å². The third-order valence-electron chi connectivity index (χ3n) is 13.6. The Kier molecular flexibility index (Phi) is 29.0. The predicted molar refractivity (Wildman–Crippen MR) is 286 cm³/mol. The third-order valence-corrected chi connectivity index (χ3v) is 17.0. The molecule has 2 amide bonds. The second-order valence-electron chi connectivity index (χ2n) is 19.5. The average Bonchev–Trinajstić information content (AvgIpc) is 3.50. The minimum absolute atomic E-state index is 0.0720. The summed E-state index contributed by atoms with van der Waals surface area (Å²) in [7, 11) is -3.85. The molecule has 4 rings (SSSR count). The van der Waals surface area contributed by atoms with E-state index in [0.29, 0.717) is 142 Å². The van der Waals surface area contributed by atoms with Gasteiger partial charge in [-0.25, -0.2) is 14.0 Å². The van der Waals surface area contributed by atoms with Gasteiger partial charge in [-0.3, -0.25) is 29.0 Å². The second kappa shape index (κ2) is 34.4. The van der Waals surface area contributed by atoms with E-state index < -0.39 is 50.0 Å². The number of halogens is 12. The van der Waals surface area contributed by atoms with E-state index in [0.717, 1.165) is 16.7 Å². The number of hydrogen-bond donors (Lipinski definition) is 2. The second-order valence-corrected chi connectivity index (χ2v) is 22.2. The van der Waals surface area contributed by atoms with Gasteiger partial charge in [0.2, 0.25) is 0 Å². The topological polar surface area (TPSA) is 131 Å². The van der Waals surface area contributed by atoms with E-state index >= 15 is 4.57 Å². The monoisotopic (exact) mass is 1190 g/mol. The van der Waals surface area contributed by atoms with E-state index in [4.69, 9.17) is 0 Å². The lowest BCUT2D eigenvalue weighted by Crippen LogP contribution is -2.57. The zero-order valence-corrected chi connectivity index (χ0v) is 46.2. The SMILES string of the molecule is O=C(NCCCCCCN(CCCCCCNC(=O)C(F)(F)F)P(=O)(N(CCCCCCN=COC(F)(F)F)CCCCCCN=COC(F)(F)F)N1CCN(C(c2ccccc2)(c2ccccc2)c2ccccc2)CC1)C(F)(F)F. The van der Waals surface area contributed by atoms with Crippen molar-refractivity contribution in [3.05, 3.63) is 108 Å². The fourth-order valence-electron chi connectivity index (χ4n) is 9.81. The lowest BCUT2D eigenvalue weighted by atomic mass is 9.75. The molecule has 13 nitrogen and oxygen atoms in total. The number of ether oxygens (including phenoxy) is 2. The van der Waals surface area contributed by atoms with Gasteiger partial charge in [-0.1, -0.05) is 142 Å². The minimum atomic E-state index is -5.03. The van der Waals surface area contributed by atoms with Gasteiger partial charge in [0.1, 0.15) is 0 Å². The van der Waals surface area contributed by atoms with Crippen LogP contribution in [0.1, 0.15) is 119 Å². The number of nitrogens with one attached hydrogen (secondary N) is 2. The van der Waals surface area contributed by atoms with Gasteiger partial charge >= 0.3 is 36.9 Å². The molecule has 3 aromatic rings. The largest absolute Gasteiger partial charge is 0.573 e. The van der Waals surface area contributed by atoms with Crippen LogP contribution in [0.15, 0.2) is 101 Å². The van der Waals surface area contributed by atoms with Crippen LogP contribution < -0.4 is 10.6 Å². The van der Waals surface area contributed by atoms with Crippen molar-refractivity contribution in [1.82, 2.24) is 29.5 Å². The number of amides is 2. The molecule has 1 atom stereocenters. The Morgan fingerprint density at radius 1 is 0.469 bits per heavy atom. The zero-order valence-electron chi connectivity index (χ0n) is 45.3. The van der Waals surface area contributed by atoms with E-state index in [2.05, 4.69) is 60.8 Å². The van der Waals surface area contributed by atoms with Crippen molar-refractivity contribution in [2.75, 3.05) is 78.5 Å². The Hall–Kier alpha value is -5.23. The van der Waals surface area contributed by atoms with Crippen LogP contribution in [0.25, 0.3) is 0 Å². The summed E-state index contributed by atoms with van der Waals surface area (Å²) in [5, 5.41) is 3.77. The van der Waals surface area contributed by atoms with Crippen molar-refractivity contribution in [1.29, 1.82) is 0 Å². The molecule has 1 heterocycles. The van der Waals surface area contributed by atoms with Crippen LogP contribution in [-0.2, 0) is 29.2 Å². The number of aliphatic imine (C=N–C) groups is 2. The molecule has 26 heteroatoms. The van der Waals surface area contributed by atoms with E-state index in [9.17, 15) is 62.3 Å². The molecule has 0 radical (unpaired) electrons. The number of benzene rings is 3. The molecule has 0 aliphatic carbocycles. The Balaban J connectivity index is 1.71.